The summed E-state index contributed by atoms with van der Waals surface area (Å²) < 4.78 is 20.7. The molecule has 0 aliphatic rings. The molecule has 0 aliphatic heterocycles. The second-order valence-electron chi connectivity index (χ2n) is 3.78. The number of methoxy groups -OCH3 is 3. The molecule has 0 bridgehead atoms. The van der Waals surface area contributed by atoms with Gasteiger partial charge in [0.25, 0.3) is 0 Å². The lowest BCUT2D eigenvalue weighted by Crippen LogP contribution is -2.19. The van der Waals surface area contributed by atoms with Crippen molar-refractivity contribution in [1.82, 2.24) is 0 Å². The number of hydrogen-bond acceptors (Lipinski definition) is 5. The third kappa shape index (κ3) is 4.18. The third-order valence-corrected chi connectivity index (χ3v) is 2.57. The van der Waals surface area contributed by atoms with Crippen molar-refractivity contribution in [3.8, 4) is 11.5 Å². The Balaban J connectivity index is 2.63. The third-order valence-electron chi connectivity index (χ3n) is 2.57. The van der Waals surface area contributed by atoms with Gasteiger partial charge >= 0.3 is 0 Å². The van der Waals surface area contributed by atoms with Crippen molar-refractivity contribution in [3.05, 3.63) is 23.8 Å². The first-order valence-corrected chi connectivity index (χ1v) is 5.77. The van der Waals surface area contributed by atoms with E-state index in [1.165, 1.54) is 0 Å². The predicted molar refractivity (Wildman–Crippen MR) is 69.2 cm³/mol. The fraction of sp³-hybridized carbons (Fsp3) is 0.538. The zero-order valence-electron chi connectivity index (χ0n) is 11.1. The largest absolute Gasteiger partial charge is 0.497 e. The van der Waals surface area contributed by atoms with Crippen LogP contribution in [0.2, 0.25) is 0 Å². The summed E-state index contributed by atoms with van der Waals surface area (Å²) in [6.45, 7) is 1.52. The molecule has 0 radical (unpaired) electrons. The Morgan fingerprint density at radius 2 is 1.89 bits per heavy atom. The van der Waals surface area contributed by atoms with Gasteiger partial charge in [0.05, 0.1) is 40.1 Å². The average molecular weight is 255 g/mol. The van der Waals surface area contributed by atoms with Crippen molar-refractivity contribution in [2.24, 2.45) is 5.73 Å². The quantitative estimate of drug-likeness (QED) is 0.711. The van der Waals surface area contributed by atoms with Gasteiger partial charge in [-0.1, -0.05) is 0 Å². The molecule has 0 saturated heterocycles. The van der Waals surface area contributed by atoms with Gasteiger partial charge < -0.3 is 24.7 Å². The Hall–Kier alpha value is -1.30. The Bertz CT molecular complexity index is 357. The highest BCUT2D eigenvalue weighted by Crippen LogP contribution is 2.28. The van der Waals surface area contributed by atoms with Gasteiger partial charge in [-0.2, -0.15) is 0 Å². The maximum atomic E-state index is 6.06. The zero-order chi connectivity index (χ0) is 13.4. The minimum absolute atomic E-state index is 0.234. The summed E-state index contributed by atoms with van der Waals surface area (Å²) in [6.07, 6.45) is 0. The lowest BCUT2D eigenvalue weighted by molar-refractivity contribution is 0.0633. The van der Waals surface area contributed by atoms with E-state index in [1.54, 1.807) is 21.3 Å². The summed E-state index contributed by atoms with van der Waals surface area (Å²) in [4.78, 5) is 0. The molecule has 2 N–H and O–H groups in total. The Labute approximate surface area is 108 Å². The standard InChI is InChI=1S/C13H21NO4/c1-15-6-7-18-9-12(14)11-5-4-10(16-2)8-13(11)17-3/h4-5,8,12H,6-7,9,14H2,1-3H3. The van der Waals surface area contributed by atoms with Gasteiger partial charge in [-0.3, -0.25) is 0 Å². The van der Waals surface area contributed by atoms with E-state index in [0.717, 1.165) is 11.3 Å². The smallest absolute Gasteiger partial charge is 0.127 e. The molecular weight excluding hydrogens is 234 g/mol. The summed E-state index contributed by atoms with van der Waals surface area (Å²) in [6, 6.07) is 5.32. The minimum atomic E-state index is -0.234. The van der Waals surface area contributed by atoms with E-state index in [1.807, 2.05) is 18.2 Å². The van der Waals surface area contributed by atoms with Crippen LogP contribution in [-0.4, -0.2) is 41.2 Å². The van der Waals surface area contributed by atoms with Gasteiger partial charge in [0, 0.05) is 18.7 Å². The molecule has 0 saturated carbocycles. The first-order chi connectivity index (χ1) is 8.72. The van der Waals surface area contributed by atoms with Crippen molar-refractivity contribution in [1.29, 1.82) is 0 Å². The Morgan fingerprint density at radius 1 is 1.11 bits per heavy atom. The highest BCUT2D eigenvalue weighted by Gasteiger charge is 2.13. The lowest BCUT2D eigenvalue weighted by atomic mass is 10.1. The van der Waals surface area contributed by atoms with Crippen LogP contribution in [0, 0.1) is 0 Å². The number of benzene rings is 1. The first-order valence-electron chi connectivity index (χ1n) is 5.77. The maximum absolute atomic E-state index is 6.06. The molecule has 0 amide bonds. The highest BCUT2D eigenvalue weighted by atomic mass is 16.5. The van der Waals surface area contributed by atoms with Crippen molar-refractivity contribution >= 4 is 0 Å². The van der Waals surface area contributed by atoms with Crippen molar-refractivity contribution in [2.75, 3.05) is 41.2 Å². The summed E-state index contributed by atoms with van der Waals surface area (Å²) in [5.74, 6) is 1.44. The molecule has 0 heterocycles. The first kappa shape index (κ1) is 14.8. The topological polar surface area (TPSA) is 62.9 Å². The lowest BCUT2D eigenvalue weighted by Gasteiger charge is -2.16. The Morgan fingerprint density at radius 3 is 2.50 bits per heavy atom. The summed E-state index contributed by atoms with van der Waals surface area (Å²) in [5, 5.41) is 0. The van der Waals surface area contributed by atoms with Crippen LogP contribution >= 0.6 is 0 Å². The molecule has 18 heavy (non-hydrogen) atoms. The van der Waals surface area contributed by atoms with Crippen LogP contribution in [-0.2, 0) is 9.47 Å². The summed E-state index contributed by atoms with van der Waals surface area (Å²) >= 11 is 0. The van der Waals surface area contributed by atoms with Crippen molar-refractivity contribution in [3.63, 3.8) is 0 Å². The van der Waals surface area contributed by atoms with Crippen molar-refractivity contribution < 1.29 is 18.9 Å². The van der Waals surface area contributed by atoms with E-state index in [0.29, 0.717) is 25.6 Å². The van der Waals surface area contributed by atoms with E-state index in [9.17, 15) is 0 Å². The van der Waals surface area contributed by atoms with Gasteiger partial charge in [-0.05, 0) is 12.1 Å². The second-order valence-corrected chi connectivity index (χ2v) is 3.78. The number of ether oxygens (including phenoxy) is 4. The molecular formula is C13H21NO4. The van der Waals surface area contributed by atoms with Gasteiger partial charge in [-0.15, -0.1) is 0 Å². The monoisotopic (exact) mass is 255 g/mol. The van der Waals surface area contributed by atoms with Crippen LogP contribution in [0.3, 0.4) is 0 Å². The van der Waals surface area contributed by atoms with Gasteiger partial charge in [0.1, 0.15) is 11.5 Å². The second kappa shape index (κ2) is 7.92. The predicted octanol–water partition coefficient (Wildman–Crippen LogP) is 1.37. The van der Waals surface area contributed by atoms with E-state index in [4.69, 9.17) is 24.7 Å². The fourth-order valence-corrected chi connectivity index (χ4v) is 1.57. The van der Waals surface area contributed by atoms with E-state index in [-0.39, 0.29) is 6.04 Å². The van der Waals surface area contributed by atoms with E-state index < -0.39 is 0 Å². The molecule has 0 fully saturated rings. The van der Waals surface area contributed by atoms with Gasteiger partial charge in [-0.25, -0.2) is 0 Å². The average Bonchev–Trinajstić information content (AvgIpc) is 2.42. The number of hydrogen-bond donors (Lipinski definition) is 1. The highest BCUT2D eigenvalue weighted by molar-refractivity contribution is 5.42. The van der Waals surface area contributed by atoms with Crippen LogP contribution in [0.4, 0.5) is 0 Å². The minimum Gasteiger partial charge on any atom is -0.497 e. The van der Waals surface area contributed by atoms with Crippen LogP contribution in [0.25, 0.3) is 0 Å². The molecule has 5 heteroatoms. The molecule has 0 aromatic heterocycles. The molecule has 1 atom stereocenters. The Kier molecular flexibility index (Phi) is 6.49. The van der Waals surface area contributed by atoms with Gasteiger partial charge in [0.2, 0.25) is 0 Å². The molecule has 0 aliphatic carbocycles. The molecule has 102 valence electrons. The number of nitrogens with two attached hydrogens (primary N) is 1. The van der Waals surface area contributed by atoms with Crippen LogP contribution in [0.5, 0.6) is 11.5 Å². The maximum Gasteiger partial charge on any atom is 0.127 e. The SMILES string of the molecule is COCCOCC(N)c1ccc(OC)cc1OC. The molecule has 0 spiro atoms. The van der Waals surface area contributed by atoms with Crippen LogP contribution in [0.1, 0.15) is 11.6 Å². The zero-order valence-corrected chi connectivity index (χ0v) is 11.1. The summed E-state index contributed by atoms with van der Waals surface area (Å²) in [5.41, 5.74) is 6.96. The molecule has 1 aromatic rings. The normalized spacial score (nSPS) is 12.2. The van der Waals surface area contributed by atoms with Crippen LogP contribution in [0.15, 0.2) is 18.2 Å². The molecule has 1 rings (SSSR count). The van der Waals surface area contributed by atoms with E-state index >= 15 is 0 Å². The van der Waals surface area contributed by atoms with Gasteiger partial charge in [0.15, 0.2) is 0 Å². The van der Waals surface area contributed by atoms with Crippen molar-refractivity contribution in [2.45, 2.75) is 6.04 Å². The number of rotatable bonds is 8. The molecule has 1 unspecified atom stereocenters. The molecule has 1 aromatic carbocycles. The fourth-order valence-electron chi connectivity index (χ4n) is 1.57. The molecule has 5 nitrogen and oxygen atoms in total. The van der Waals surface area contributed by atoms with Crippen LogP contribution < -0.4 is 15.2 Å². The summed E-state index contributed by atoms with van der Waals surface area (Å²) in [7, 11) is 4.86. The van der Waals surface area contributed by atoms with E-state index in [2.05, 4.69) is 0 Å².